The number of halogens is 1. The van der Waals surface area contributed by atoms with E-state index in [1.54, 1.807) is 14.2 Å². The Kier molecular flexibility index (Phi) is 12.1. The van der Waals surface area contributed by atoms with Crippen LogP contribution >= 0.6 is 0 Å². The predicted molar refractivity (Wildman–Crippen MR) is 130 cm³/mol. The summed E-state index contributed by atoms with van der Waals surface area (Å²) in [5.41, 5.74) is 3.01. The number of carbonyl (C=O) groups is 1. The van der Waals surface area contributed by atoms with Crippen molar-refractivity contribution in [1.29, 1.82) is 0 Å². The van der Waals surface area contributed by atoms with E-state index in [4.69, 9.17) is 23.7 Å². The predicted octanol–water partition coefficient (Wildman–Crippen LogP) is 2.05. The van der Waals surface area contributed by atoms with Crippen molar-refractivity contribution >= 4 is 9.18 Å². The van der Waals surface area contributed by atoms with Gasteiger partial charge in [-0.2, -0.15) is 0 Å². The molecule has 1 N–H and O–H groups in total. The summed E-state index contributed by atoms with van der Waals surface area (Å²) in [5, 5.41) is 3.03. The standard InChI is InChI=1S/C26H34AtFN2O6/c1-32-24-15-19-5-8-30(18-20(19)16-25(24)33-2)9-7-29-26(31)22-17-21(27)3-4-23(22)36-14-13-35-12-11-34-10-6-28/h3-4,15-17H,5-14,18H2,1-2H3,(H,29,31)/i27+1. The van der Waals surface area contributed by atoms with Gasteiger partial charge in [-0.05, 0) is 0 Å². The van der Waals surface area contributed by atoms with Crippen LogP contribution < -0.4 is 22.8 Å². The number of carbonyl (C=O) groups excluding carboxylic acids is 1. The molecule has 2 aromatic carbocycles. The van der Waals surface area contributed by atoms with E-state index >= 15 is 0 Å². The van der Waals surface area contributed by atoms with Crippen LogP contribution in [0.2, 0.25) is 0 Å². The van der Waals surface area contributed by atoms with Crippen LogP contribution in [0.25, 0.3) is 0 Å². The van der Waals surface area contributed by atoms with E-state index in [9.17, 15) is 9.18 Å². The fraction of sp³-hybridized carbons (Fsp3) is 0.500. The molecule has 0 fully saturated rings. The molecule has 0 aliphatic carbocycles. The molecule has 0 saturated heterocycles. The molecule has 10 heteroatoms. The van der Waals surface area contributed by atoms with Gasteiger partial charge in [-0.15, -0.1) is 0 Å². The Balaban J connectivity index is 1.46. The van der Waals surface area contributed by atoms with Crippen molar-refractivity contribution in [2.24, 2.45) is 0 Å². The summed E-state index contributed by atoms with van der Waals surface area (Å²) in [7, 11) is 3.29. The number of alkyl halides is 1. The fourth-order valence-corrected chi connectivity index (χ4v) is 4.62. The van der Waals surface area contributed by atoms with E-state index in [2.05, 4.69) is 16.3 Å². The Morgan fingerprint density at radius 1 is 0.972 bits per heavy atom. The molecule has 0 bridgehead atoms. The Hall–Kier alpha value is -2.00. The zero-order valence-electron chi connectivity index (χ0n) is 20.8. The summed E-state index contributed by atoms with van der Waals surface area (Å²) in [5.74, 6) is 1.85. The number of hydrogen-bond acceptors (Lipinski definition) is 7. The van der Waals surface area contributed by atoms with Gasteiger partial charge < -0.3 is 9.47 Å². The number of rotatable bonds is 15. The first-order valence-corrected chi connectivity index (χ1v) is 13.4. The summed E-state index contributed by atoms with van der Waals surface area (Å²) in [6, 6.07) is 9.70. The van der Waals surface area contributed by atoms with E-state index in [0.29, 0.717) is 44.3 Å². The zero-order valence-corrected chi connectivity index (χ0v) is 23.8. The van der Waals surface area contributed by atoms with Crippen molar-refractivity contribution in [1.82, 2.24) is 10.2 Å². The second-order valence-electron chi connectivity index (χ2n) is 8.16. The quantitative estimate of drug-likeness (QED) is 0.286. The van der Waals surface area contributed by atoms with Crippen molar-refractivity contribution in [3.63, 3.8) is 0 Å². The molecule has 0 atom stereocenters. The van der Waals surface area contributed by atoms with Crippen LogP contribution in [0, 0.1) is 24.7 Å². The summed E-state index contributed by atoms with van der Waals surface area (Å²) >= 11 is 1.50. The van der Waals surface area contributed by atoms with Gasteiger partial charge in [0, 0.05) is 0 Å². The van der Waals surface area contributed by atoms with Crippen molar-refractivity contribution in [2.45, 2.75) is 13.0 Å². The molecule has 0 saturated carbocycles. The average Bonchev–Trinajstić information content (AvgIpc) is 2.89. The van der Waals surface area contributed by atoms with E-state index in [-0.39, 0.29) is 12.5 Å². The molecular formula is C26H34AtFN2O6. The topological polar surface area (TPSA) is 78.5 Å². The van der Waals surface area contributed by atoms with Gasteiger partial charge in [0.05, 0.1) is 14.2 Å². The monoisotopic (exact) mass is 700 g/mol. The molecule has 1 heterocycles. The van der Waals surface area contributed by atoms with Crippen LogP contribution in [0.5, 0.6) is 17.2 Å². The second-order valence-corrected chi connectivity index (χ2v) is 9.86. The summed E-state index contributed by atoms with van der Waals surface area (Å²) in [4.78, 5) is 15.3. The third-order valence-electron chi connectivity index (χ3n) is 5.78. The number of hydrogen-bond donors (Lipinski definition) is 1. The SMILES string of the molecule is COc1cc2c(cc1OC)CN(CCNC(=O)c1cc([211At])ccc1OCCOCCOCCF)CC2. The maximum absolute atomic E-state index is 12.9. The van der Waals surface area contributed by atoms with E-state index in [0.717, 1.165) is 40.8 Å². The maximum atomic E-state index is 12.9. The Labute approximate surface area is 227 Å². The molecule has 1 amide bonds. The average molecular weight is 701 g/mol. The number of methoxy groups -OCH3 is 2. The number of ether oxygens (including phenoxy) is 5. The molecule has 2 aromatic rings. The van der Waals surface area contributed by atoms with Crippen molar-refractivity contribution in [2.75, 3.05) is 73.6 Å². The third-order valence-corrected chi connectivity index (χ3v) is 6.69. The van der Waals surface area contributed by atoms with Crippen molar-refractivity contribution in [3.05, 3.63) is 47.0 Å². The molecule has 1 aliphatic rings. The van der Waals surface area contributed by atoms with Crippen LogP contribution in [0.15, 0.2) is 30.3 Å². The molecule has 0 radical (unpaired) electrons. The summed E-state index contributed by atoms with van der Waals surface area (Å²) < 4.78 is 40.1. The molecule has 198 valence electrons. The number of benzene rings is 2. The van der Waals surface area contributed by atoms with Gasteiger partial charge in [0.15, 0.2) is 5.75 Å². The van der Waals surface area contributed by atoms with Gasteiger partial charge in [0.25, 0.3) is 0 Å². The van der Waals surface area contributed by atoms with Crippen LogP contribution in [-0.4, -0.2) is 84.4 Å². The minimum absolute atomic E-state index is 0.0814. The van der Waals surface area contributed by atoms with Crippen LogP contribution in [0.4, 0.5) is 4.39 Å². The zero-order chi connectivity index (χ0) is 25.8. The van der Waals surface area contributed by atoms with E-state index in [1.165, 1.54) is 35.8 Å². The Morgan fingerprint density at radius 3 is 2.39 bits per heavy atom. The first-order valence-electron chi connectivity index (χ1n) is 11.9. The molecule has 1 aliphatic heterocycles. The van der Waals surface area contributed by atoms with Crippen LogP contribution in [-0.2, 0) is 22.4 Å². The van der Waals surface area contributed by atoms with Gasteiger partial charge in [-0.1, -0.05) is 0 Å². The molecule has 0 spiro atoms. The van der Waals surface area contributed by atoms with Crippen LogP contribution in [0.3, 0.4) is 0 Å². The second kappa shape index (κ2) is 15.3. The molecule has 0 unspecified atom stereocenters. The number of amides is 1. The summed E-state index contributed by atoms with van der Waals surface area (Å²) in [6.45, 7) is 3.93. The van der Waals surface area contributed by atoms with Gasteiger partial charge in [0.1, 0.15) is 6.67 Å². The van der Waals surface area contributed by atoms with Gasteiger partial charge >= 0.3 is 187 Å². The van der Waals surface area contributed by atoms with Gasteiger partial charge in [0.2, 0.25) is 0 Å². The normalized spacial score (nSPS) is 13.2. The first kappa shape index (κ1) is 28.6. The number of nitrogens with one attached hydrogen (secondary N) is 1. The summed E-state index contributed by atoms with van der Waals surface area (Å²) in [6.07, 6.45) is 0.922. The van der Waals surface area contributed by atoms with Crippen molar-refractivity contribution in [3.8, 4) is 17.2 Å². The van der Waals surface area contributed by atoms with Gasteiger partial charge in [-0.25, -0.2) is 4.39 Å². The molecule has 0 aromatic heterocycles. The minimum atomic E-state index is -0.501. The molecule has 8 nitrogen and oxygen atoms in total. The number of nitrogens with zero attached hydrogens (tertiary/aromatic N) is 1. The fourth-order valence-electron chi connectivity index (χ4n) is 3.95. The van der Waals surface area contributed by atoms with Crippen molar-refractivity contribution < 1.29 is 57.6 Å². The third kappa shape index (κ3) is 8.54. The van der Waals surface area contributed by atoms with Crippen LogP contribution in [0.1, 0.15) is 21.5 Å². The van der Waals surface area contributed by atoms with Gasteiger partial charge in [-0.3, -0.25) is 0 Å². The Bertz CT molecular complexity index is 993. The first-order chi connectivity index (χ1) is 17.5. The van der Waals surface area contributed by atoms with E-state index in [1.807, 2.05) is 24.3 Å². The molecule has 3 rings (SSSR count). The molecule has 36 heavy (non-hydrogen) atoms. The Morgan fingerprint density at radius 2 is 1.67 bits per heavy atom. The number of fused-ring (bicyclic) bond motifs is 1. The molecular weight excluding hydrogens is 666 g/mol. The van der Waals surface area contributed by atoms with E-state index < -0.39 is 6.67 Å².